The van der Waals surface area contributed by atoms with Gasteiger partial charge in [-0.05, 0) is 50.2 Å². The van der Waals surface area contributed by atoms with Crippen LogP contribution in [0.2, 0.25) is 0 Å². The molecule has 0 aliphatic carbocycles. The second-order valence-corrected chi connectivity index (χ2v) is 6.74. The predicted molar refractivity (Wildman–Crippen MR) is 101 cm³/mol. The summed E-state index contributed by atoms with van der Waals surface area (Å²) in [6.45, 7) is 2.33. The van der Waals surface area contributed by atoms with E-state index in [9.17, 15) is 9.59 Å². The van der Waals surface area contributed by atoms with Gasteiger partial charge in [-0.15, -0.1) is 0 Å². The highest BCUT2D eigenvalue weighted by Crippen LogP contribution is 2.24. The fraction of sp³-hybridized carbons (Fsp3) is 0.350. The second-order valence-electron chi connectivity index (χ2n) is 6.74. The zero-order valence-corrected chi connectivity index (χ0v) is 15.0. The van der Waals surface area contributed by atoms with Crippen molar-refractivity contribution in [2.75, 3.05) is 19.6 Å². The summed E-state index contributed by atoms with van der Waals surface area (Å²) in [5.41, 5.74) is 0.182. The molecule has 27 heavy (non-hydrogen) atoms. The second kappa shape index (κ2) is 7.75. The third-order valence-corrected chi connectivity index (χ3v) is 5.02. The molecule has 1 aliphatic rings. The van der Waals surface area contributed by atoms with Crippen LogP contribution in [0, 0.1) is 0 Å². The van der Waals surface area contributed by atoms with Crippen molar-refractivity contribution in [2.45, 2.75) is 25.3 Å². The minimum absolute atomic E-state index is 0.0375. The lowest BCUT2D eigenvalue weighted by Gasteiger charge is -2.33. The monoisotopic (exact) mass is 366 g/mol. The summed E-state index contributed by atoms with van der Waals surface area (Å²) in [6.07, 6.45) is 8.11. The number of fused-ring (bicyclic) bond motifs is 1. The first kappa shape index (κ1) is 17.5. The molecule has 3 aromatic rings. The lowest BCUT2D eigenvalue weighted by Crippen LogP contribution is -2.41. The number of nitrogens with zero attached hydrogens (tertiary/aromatic N) is 3. The van der Waals surface area contributed by atoms with Crippen LogP contribution in [-0.2, 0) is 0 Å². The molecule has 0 spiro atoms. The quantitative estimate of drug-likeness (QED) is 0.749. The van der Waals surface area contributed by atoms with Gasteiger partial charge in [-0.1, -0.05) is 12.5 Å². The van der Waals surface area contributed by atoms with Crippen LogP contribution in [-0.4, -0.2) is 39.8 Å². The molecule has 1 fully saturated rings. The number of rotatable bonds is 5. The van der Waals surface area contributed by atoms with Crippen molar-refractivity contribution in [1.29, 1.82) is 0 Å². The Morgan fingerprint density at radius 1 is 1.19 bits per heavy atom. The van der Waals surface area contributed by atoms with Gasteiger partial charge in [0.1, 0.15) is 17.0 Å². The number of hydrogen-bond acceptors (Lipinski definition) is 5. The fourth-order valence-electron chi connectivity index (χ4n) is 3.59. The molecule has 4 heterocycles. The van der Waals surface area contributed by atoms with Gasteiger partial charge in [-0.2, -0.15) is 0 Å². The maximum Gasteiger partial charge on any atom is 0.270 e. The first-order chi connectivity index (χ1) is 13.2. The van der Waals surface area contributed by atoms with Gasteiger partial charge in [0.25, 0.3) is 11.5 Å². The molecule has 7 nitrogen and oxygen atoms in total. The van der Waals surface area contributed by atoms with Gasteiger partial charge in [-0.25, -0.2) is 4.98 Å². The number of pyridine rings is 1. The first-order valence-electron chi connectivity index (χ1n) is 9.26. The number of carbonyl (C=O) groups excluding carboxylic acids is 1. The van der Waals surface area contributed by atoms with E-state index in [2.05, 4.69) is 15.2 Å². The van der Waals surface area contributed by atoms with Crippen LogP contribution in [0.5, 0.6) is 0 Å². The lowest BCUT2D eigenvalue weighted by molar-refractivity contribution is 0.0912. The van der Waals surface area contributed by atoms with Crippen molar-refractivity contribution in [1.82, 2.24) is 19.6 Å². The maximum absolute atomic E-state index is 12.7. The Morgan fingerprint density at radius 3 is 2.81 bits per heavy atom. The van der Waals surface area contributed by atoms with Crippen LogP contribution >= 0.6 is 0 Å². The van der Waals surface area contributed by atoms with Crippen molar-refractivity contribution in [3.05, 3.63) is 70.7 Å². The van der Waals surface area contributed by atoms with Crippen molar-refractivity contribution in [3.63, 3.8) is 0 Å². The highest BCUT2D eigenvalue weighted by Gasteiger charge is 2.25. The molecule has 1 unspecified atom stereocenters. The van der Waals surface area contributed by atoms with Crippen molar-refractivity contribution >= 4 is 11.6 Å². The van der Waals surface area contributed by atoms with Crippen LogP contribution < -0.4 is 10.9 Å². The van der Waals surface area contributed by atoms with Crippen molar-refractivity contribution in [2.24, 2.45) is 0 Å². The first-order valence-corrected chi connectivity index (χ1v) is 9.26. The van der Waals surface area contributed by atoms with Gasteiger partial charge in [0.05, 0.1) is 12.3 Å². The van der Waals surface area contributed by atoms with E-state index in [4.69, 9.17) is 4.42 Å². The van der Waals surface area contributed by atoms with E-state index >= 15 is 0 Å². The molecule has 1 amide bonds. The zero-order valence-electron chi connectivity index (χ0n) is 15.0. The Balaban J connectivity index is 1.53. The lowest BCUT2D eigenvalue weighted by atomic mass is 10.1. The minimum Gasteiger partial charge on any atom is -0.468 e. The Kier molecular flexibility index (Phi) is 5.02. The molecule has 0 bridgehead atoms. The third-order valence-electron chi connectivity index (χ3n) is 5.02. The summed E-state index contributed by atoms with van der Waals surface area (Å²) in [5, 5.41) is 2.90. The number of hydrogen-bond donors (Lipinski definition) is 1. The summed E-state index contributed by atoms with van der Waals surface area (Å²) >= 11 is 0. The molecule has 1 aliphatic heterocycles. The Hall–Kier alpha value is -2.93. The number of amides is 1. The molecule has 3 aromatic heterocycles. The summed E-state index contributed by atoms with van der Waals surface area (Å²) in [7, 11) is 0. The minimum atomic E-state index is -0.417. The highest BCUT2D eigenvalue weighted by molar-refractivity contribution is 5.93. The van der Waals surface area contributed by atoms with Crippen molar-refractivity contribution in [3.8, 4) is 0 Å². The molecule has 1 N–H and O–H groups in total. The molecule has 1 atom stereocenters. The zero-order chi connectivity index (χ0) is 18.6. The van der Waals surface area contributed by atoms with E-state index in [0.29, 0.717) is 12.2 Å². The summed E-state index contributed by atoms with van der Waals surface area (Å²) in [5.74, 6) is 0.407. The van der Waals surface area contributed by atoms with E-state index in [1.807, 2.05) is 12.1 Å². The normalized spacial score (nSPS) is 16.3. The van der Waals surface area contributed by atoms with Crippen LogP contribution in [0.15, 0.2) is 58.2 Å². The molecule has 1 saturated heterocycles. The standard InChI is InChI=1S/C20H22N4O3/c25-19(15-13-21-18-8-2-5-11-24(18)20(15)26)22-14-16(17-7-6-12-27-17)23-9-3-1-4-10-23/h2,5-8,11-13,16H,1,3-4,9-10,14H2,(H,22,25). The van der Waals surface area contributed by atoms with Gasteiger partial charge < -0.3 is 9.73 Å². The SMILES string of the molecule is O=C(NCC(c1ccco1)N1CCCCC1)c1cnc2ccccn2c1=O. The molecule has 4 rings (SSSR count). The van der Waals surface area contributed by atoms with E-state index in [1.54, 1.807) is 30.7 Å². The summed E-state index contributed by atoms with van der Waals surface area (Å²) in [4.78, 5) is 31.8. The fourth-order valence-corrected chi connectivity index (χ4v) is 3.59. The number of likely N-dealkylation sites (tertiary alicyclic amines) is 1. The van der Waals surface area contributed by atoms with Gasteiger partial charge in [0.2, 0.25) is 0 Å². The molecule has 0 saturated carbocycles. The number of furan rings is 1. The number of piperidine rings is 1. The average molecular weight is 366 g/mol. The molecule has 7 heteroatoms. The Labute approximate surface area is 156 Å². The number of carbonyl (C=O) groups is 1. The van der Waals surface area contributed by atoms with Gasteiger partial charge >= 0.3 is 0 Å². The molecule has 0 radical (unpaired) electrons. The largest absolute Gasteiger partial charge is 0.468 e. The smallest absolute Gasteiger partial charge is 0.270 e. The average Bonchev–Trinajstić information content (AvgIpc) is 3.24. The van der Waals surface area contributed by atoms with Crippen LogP contribution in [0.4, 0.5) is 0 Å². The molecule has 140 valence electrons. The number of aromatic nitrogens is 2. The number of nitrogens with one attached hydrogen (secondary N) is 1. The molecular formula is C20H22N4O3. The van der Waals surface area contributed by atoms with E-state index < -0.39 is 5.91 Å². The third kappa shape index (κ3) is 3.64. The van der Waals surface area contributed by atoms with Crippen LogP contribution in [0.1, 0.15) is 41.4 Å². The Bertz CT molecular complexity index is 974. The topological polar surface area (TPSA) is 79.8 Å². The van der Waals surface area contributed by atoms with E-state index in [-0.39, 0.29) is 17.2 Å². The molecular weight excluding hydrogens is 344 g/mol. The summed E-state index contributed by atoms with van der Waals surface area (Å²) < 4.78 is 6.98. The summed E-state index contributed by atoms with van der Waals surface area (Å²) in [6, 6.07) is 9.01. The van der Waals surface area contributed by atoms with Gasteiger partial charge in [0.15, 0.2) is 0 Å². The van der Waals surface area contributed by atoms with Gasteiger partial charge in [-0.3, -0.25) is 18.9 Å². The Morgan fingerprint density at radius 2 is 2.04 bits per heavy atom. The van der Waals surface area contributed by atoms with E-state index in [0.717, 1.165) is 31.7 Å². The van der Waals surface area contributed by atoms with Crippen LogP contribution in [0.3, 0.4) is 0 Å². The van der Waals surface area contributed by atoms with Crippen molar-refractivity contribution < 1.29 is 9.21 Å². The van der Waals surface area contributed by atoms with E-state index in [1.165, 1.54) is 17.0 Å². The predicted octanol–water partition coefficient (Wildman–Crippen LogP) is 2.24. The van der Waals surface area contributed by atoms with Gasteiger partial charge in [0, 0.05) is 18.9 Å². The maximum atomic E-state index is 12.7. The highest BCUT2D eigenvalue weighted by atomic mass is 16.3. The van der Waals surface area contributed by atoms with Crippen LogP contribution in [0.25, 0.3) is 5.65 Å². The molecule has 0 aromatic carbocycles.